The number of para-hydroxylation sites is 1. The second-order valence-electron chi connectivity index (χ2n) is 2.77. The highest BCUT2D eigenvalue weighted by Gasteiger charge is 2.26. The van der Waals surface area contributed by atoms with E-state index in [9.17, 15) is 20.2 Å². The van der Waals surface area contributed by atoms with Crippen molar-refractivity contribution < 1.29 is 14.6 Å². The molecule has 0 amide bonds. The van der Waals surface area contributed by atoms with Crippen molar-refractivity contribution in [2.75, 3.05) is 7.11 Å². The third-order valence-corrected chi connectivity index (χ3v) is 1.81. The Bertz CT molecular complexity index is 455. The predicted octanol–water partition coefficient (Wildman–Crippen LogP) is 2.12. The molecule has 1 aromatic rings. The van der Waals surface area contributed by atoms with Gasteiger partial charge in [0.1, 0.15) is 0 Å². The Kier molecular flexibility index (Phi) is 3.54. The van der Waals surface area contributed by atoms with Gasteiger partial charge in [-0.15, -0.1) is 0 Å². The maximum absolute atomic E-state index is 10.7. The first-order valence-corrected chi connectivity index (χ1v) is 4.19. The average molecular weight is 224 g/mol. The van der Waals surface area contributed by atoms with Crippen LogP contribution in [0.5, 0.6) is 0 Å². The van der Waals surface area contributed by atoms with Gasteiger partial charge in [-0.2, -0.15) is 0 Å². The number of hydrogen-bond donors (Lipinski definition) is 0. The molecule has 0 radical (unpaired) electrons. The molecule has 16 heavy (non-hydrogen) atoms. The lowest BCUT2D eigenvalue weighted by molar-refractivity contribution is -0.422. The number of methoxy groups -OCH3 is 1. The summed E-state index contributed by atoms with van der Waals surface area (Å²) in [6, 6.07) is 3.86. The van der Waals surface area contributed by atoms with Gasteiger partial charge in [0, 0.05) is 6.07 Å². The minimum absolute atomic E-state index is 0.126. The zero-order valence-corrected chi connectivity index (χ0v) is 8.32. The Morgan fingerprint density at radius 1 is 1.25 bits per heavy atom. The lowest BCUT2D eigenvalue weighted by atomic mass is 10.1. The molecule has 0 aliphatic carbocycles. The fourth-order valence-corrected chi connectivity index (χ4v) is 1.17. The van der Waals surface area contributed by atoms with Crippen LogP contribution in [0.3, 0.4) is 0 Å². The SMILES string of the molecule is COC=Cc1cccc([N+](=O)[O-])c1[N+](=O)[O-]. The molecule has 7 heteroatoms. The summed E-state index contributed by atoms with van der Waals surface area (Å²) in [5, 5.41) is 21.3. The third-order valence-electron chi connectivity index (χ3n) is 1.81. The number of ether oxygens (including phenoxy) is 1. The monoisotopic (exact) mass is 224 g/mol. The van der Waals surface area contributed by atoms with Gasteiger partial charge in [0.25, 0.3) is 0 Å². The van der Waals surface area contributed by atoms with Crippen molar-refractivity contribution in [3.63, 3.8) is 0 Å². The van der Waals surface area contributed by atoms with Crippen LogP contribution in [-0.2, 0) is 4.74 Å². The molecule has 84 valence electrons. The van der Waals surface area contributed by atoms with E-state index in [0.717, 1.165) is 6.07 Å². The summed E-state index contributed by atoms with van der Waals surface area (Å²) in [4.78, 5) is 19.8. The summed E-state index contributed by atoms with van der Waals surface area (Å²) in [7, 11) is 1.37. The van der Waals surface area contributed by atoms with E-state index in [-0.39, 0.29) is 5.56 Å². The van der Waals surface area contributed by atoms with Gasteiger partial charge in [-0.1, -0.05) is 6.07 Å². The van der Waals surface area contributed by atoms with Crippen molar-refractivity contribution in [3.8, 4) is 0 Å². The Hall–Kier alpha value is -2.44. The molecule has 0 heterocycles. The predicted molar refractivity (Wildman–Crippen MR) is 55.8 cm³/mol. The minimum Gasteiger partial charge on any atom is -0.504 e. The molecule has 1 aromatic carbocycles. The molecule has 7 nitrogen and oxygen atoms in total. The van der Waals surface area contributed by atoms with Crippen molar-refractivity contribution in [2.24, 2.45) is 0 Å². The van der Waals surface area contributed by atoms with Crippen LogP contribution in [0.1, 0.15) is 5.56 Å². The molecule has 1 rings (SSSR count). The Balaban J connectivity index is 3.38. The molecule has 0 fully saturated rings. The normalized spacial score (nSPS) is 10.3. The van der Waals surface area contributed by atoms with Crippen molar-refractivity contribution in [2.45, 2.75) is 0 Å². The fourth-order valence-electron chi connectivity index (χ4n) is 1.17. The van der Waals surface area contributed by atoms with E-state index >= 15 is 0 Å². The van der Waals surface area contributed by atoms with Crippen molar-refractivity contribution in [1.29, 1.82) is 0 Å². The molecule has 0 aliphatic heterocycles. The van der Waals surface area contributed by atoms with Gasteiger partial charge in [-0.25, -0.2) is 0 Å². The Morgan fingerprint density at radius 2 is 1.94 bits per heavy atom. The van der Waals surface area contributed by atoms with Gasteiger partial charge in [-0.05, 0) is 12.1 Å². The van der Waals surface area contributed by atoms with Crippen LogP contribution in [0.2, 0.25) is 0 Å². The first kappa shape index (κ1) is 11.6. The summed E-state index contributed by atoms with van der Waals surface area (Å²) in [6.07, 6.45) is 2.51. The van der Waals surface area contributed by atoms with Gasteiger partial charge in [-0.3, -0.25) is 20.2 Å². The number of rotatable bonds is 4. The second-order valence-corrected chi connectivity index (χ2v) is 2.77. The smallest absolute Gasteiger partial charge is 0.353 e. The lowest BCUT2D eigenvalue weighted by Gasteiger charge is -1.98. The minimum atomic E-state index is -0.789. The van der Waals surface area contributed by atoms with Gasteiger partial charge in [0.15, 0.2) is 0 Å². The summed E-state index contributed by atoms with van der Waals surface area (Å²) in [5.74, 6) is 0. The van der Waals surface area contributed by atoms with E-state index in [4.69, 9.17) is 0 Å². The maximum atomic E-state index is 10.7. The molecule has 0 aliphatic rings. The van der Waals surface area contributed by atoms with E-state index in [2.05, 4.69) is 4.74 Å². The van der Waals surface area contributed by atoms with Crippen LogP contribution in [0.15, 0.2) is 24.5 Å². The molecule has 0 N–H and O–H groups in total. The highest BCUT2D eigenvalue weighted by atomic mass is 16.6. The molecule has 0 spiro atoms. The highest BCUT2D eigenvalue weighted by Crippen LogP contribution is 2.31. The van der Waals surface area contributed by atoms with Crippen LogP contribution in [-0.4, -0.2) is 17.0 Å². The summed E-state index contributed by atoms with van der Waals surface area (Å²) in [6.45, 7) is 0. The topological polar surface area (TPSA) is 95.5 Å². The average Bonchev–Trinajstić information content (AvgIpc) is 2.25. The standard InChI is InChI=1S/C9H8N2O5/c1-16-6-5-7-3-2-4-8(10(12)13)9(7)11(14)15/h2-6H,1H3. The van der Waals surface area contributed by atoms with Crippen LogP contribution in [0, 0.1) is 20.2 Å². The van der Waals surface area contributed by atoms with Gasteiger partial charge in [0.05, 0.1) is 28.8 Å². The van der Waals surface area contributed by atoms with Gasteiger partial charge >= 0.3 is 11.4 Å². The zero-order chi connectivity index (χ0) is 12.1. The molecule has 0 unspecified atom stereocenters. The van der Waals surface area contributed by atoms with Gasteiger partial charge < -0.3 is 4.74 Å². The summed E-state index contributed by atoms with van der Waals surface area (Å²) in [5.41, 5.74) is -0.954. The van der Waals surface area contributed by atoms with E-state index in [0.29, 0.717) is 0 Å². The van der Waals surface area contributed by atoms with E-state index < -0.39 is 21.2 Å². The first-order chi connectivity index (χ1) is 7.57. The molecular weight excluding hydrogens is 216 g/mol. The number of nitrogens with zero attached hydrogens (tertiary/aromatic N) is 2. The largest absolute Gasteiger partial charge is 0.504 e. The summed E-state index contributed by atoms with van der Waals surface area (Å²) >= 11 is 0. The molecule has 0 saturated carbocycles. The van der Waals surface area contributed by atoms with Crippen LogP contribution in [0.4, 0.5) is 11.4 Å². The van der Waals surface area contributed by atoms with E-state index in [1.54, 1.807) is 0 Å². The molecule has 0 aromatic heterocycles. The molecule has 0 bridgehead atoms. The summed E-state index contributed by atoms with van der Waals surface area (Å²) < 4.78 is 4.61. The van der Waals surface area contributed by atoms with Crippen molar-refractivity contribution in [3.05, 3.63) is 50.3 Å². The Morgan fingerprint density at radius 3 is 2.44 bits per heavy atom. The van der Waals surface area contributed by atoms with Crippen LogP contribution in [0.25, 0.3) is 6.08 Å². The number of nitro groups is 2. The number of benzene rings is 1. The van der Waals surface area contributed by atoms with Gasteiger partial charge in [0.2, 0.25) is 0 Å². The van der Waals surface area contributed by atoms with E-state index in [1.807, 2.05) is 0 Å². The third kappa shape index (κ3) is 2.32. The van der Waals surface area contributed by atoms with Crippen LogP contribution < -0.4 is 0 Å². The van der Waals surface area contributed by atoms with Crippen LogP contribution >= 0.6 is 0 Å². The molecular formula is C9H8N2O5. The fraction of sp³-hybridized carbons (Fsp3) is 0.111. The van der Waals surface area contributed by atoms with Crippen molar-refractivity contribution in [1.82, 2.24) is 0 Å². The quantitative estimate of drug-likeness (QED) is 0.443. The lowest BCUT2D eigenvalue weighted by Crippen LogP contribution is -1.98. The molecule has 0 atom stereocenters. The van der Waals surface area contributed by atoms with E-state index in [1.165, 1.54) is 31.6 Å². The Labute approximate surface area is 90.3 Å². The molecule has 0 saturated heterocycles. The number of hydrogen-bond acceptors (Lipinski definition) is 5. The maximum Gasteiger partial charge on any atom is 0.353 e. The first-order valence-electron chi connectivity index (χ1n) is 4.19. The second kappa shape index (κ2) is 4.87. The highest BCUT2D eigenvalue weighted by molar-refractivity contribution is 5.68. The van der Waals surface area contributed by atoms with Crippen molar-refractivity contribution >= 4 is 17.5 Å². The number of nitro benzene ring substituents is 2. The zero-order valence-electron chi connectivity index (χ0n) is 8.32.